The monoisotopic (exact) mass is 414 g/mol. The predicted octanol–water partition coefficient (Wildman–Crippen LogP) is 1.98. The van der Waals surface area contributed by atoms with Crippen molar-refractivity contribution in [3.8, 4) is 0 Å². The van der Waals surface area contributed by atoms with Crippen molar-refractivity contribution in [2.45, 2.75) is 64.5 Å². The van der Waals surface area contributed by atoms with E-state index >= 15 is 0 Å². The summed E-state index contributed by atoms with van der Waals surface area (Å²) in [6.07, 6.45) is -3.95. The molecule has 2 fully saturated rings. The van der Waals surface area contributed by atoms with Crippen molar-refractivity contribution in [1.29, 1.82) is 0 Å². The number of hydrogen-bond donors (Lipinski definition) is 0. The molecule has 4 rings (SSSR count). The molecule has 1 aromatic rings. The Balaban J connectivity index is 1.76. The van der Waals surface area contributed by atoms with Gasteiger partial charge in [-0.05, 0) is 12.8 Å². The summed E-state index contributed by atoms with van der Waals surface area (Å²) in [5, 5.41) is 0. The van der Waals surface area contributed by atoms with Gasteiger partial charge in [0.1, 0.15) is 11.9 Å². The van der Waals surface area contributed by atoms with E-state index in [0.717, 1.165) is 11.3 Å². The number of carbonyl (C=O) groups excluding carboxylic acids is 1. The summed E-state index contributed by atoms with van der Waals surface area (Å²) in [6.45, 7) is 5.55. The normalized spacial score (nSPS) is 26.8. The predicted molar refractivity (Wildman–Crippen MR) is 100 cm³/mol. The fourth-order valence-corrected chi connectivity index (χ4v) is 4.20. The Morgan fingerprint density at radius 2 is 2.03 bits per heavy atom. The third kappa shape index (κ3) is 3.62. The minimum Gasteiger partial charge on any atom is -0.374 e. The molecule has 2 bridgehead atoms. The molecule has 2 saturated heterocycles. The van der Waals surface area contributed by atoms with Gasteiger partial charge in [0.2, 0.25) is 5.95 Å². The fourth-order valence-electron chi connectivity index (χ4n) is 4.20. The summed E-state index contributed by atoms with van der Waals surface area (Å²) >= 11 is 0. The number of carbonyl (C=O) groups is 1. The van der Waals surface area contributed by atoms with Crippen LogP contribution in [0.1, 0.15) is 33.6 Å². The van der Waals surface area contributed by atoms with Crippen molar-refractivity contribution in [3.63, 3.8) is 0 Å². The minimum absolute atomic E-state index is 0.0575. The van der Waals surface area contributed by atoms with Crippen LogP contribution in [0.15, 0.2) is 10.9 Å². The lowest BCUT2D eigenvalue weighted by Gasteiger charge is -2.40. The first-order valence-corrected chi connectivity index (χ1v) is 9.82. The fraction of sp³-hybridized carbons (Fsp3) is 0.737. The molecule has 1 unspecified atom stereocenters. The second-order valence-electron chi connectivity index (χ2n) is 9.05. The number of fused-ring (bicyclic) bond motifs is 3. The number of ketones is 1. The Bertz CT molecular complexity index is 877. The lowest BCUT2D eigenvalue weighted by molar-refractivity contribution is -0.153. The van der Waals surface area contributed by atoms with E-state index in [9.17, 15) is 22.8 Å². The molecule has 7 nitrogen and oxygen atoms in total. The second-order valence-corrected chi connectivity index (χ2v) is 9.05. The van der Waals surface area contributed by atoms with E-state index in [4.69, 9.17) is 4.74 Å². The third-order valence-electron chi connectivity index (χ3n) is 5.96. The second kappa shape index (κ2) is 6.72. The van der Waals surface area contributed by atoms with Crippen molar-refractivity contribution < 1.29 is 22.7 Å². The van der Waals surface area contributed by atoms with Crippen molar-refractivity contribution >= 4 is 17.5 Å². The van der Waals surface area contributed by atoms with Gasteiger partial charge < -0.3 is 14.5 Å². The molecule has 0 N–H and O–H groups in total. The first-order chi connectivity index (χ1) is 13.4. The maximum absolute atomic E-state index is 13.8. The number of rotatable bonds is 3. The zero-order chi connectivity index (χ0) is 21.1. The number of anilines is 2. The van der Waals surface area contributed by atoms with Crippen LogP contribution in [0.2, 0.25) is 0 Å². The van der Waals surface area contributed by atoms with Crippen LogP contribution in [-0.2, 0) is 16.1 Å². The molecule has 4 heterocycles. The molecular weight excluding hydrogens is 389 g/mol. The van der Waals surface area contributed by atoms with E-state index in [1.54, 1.807) is 20.8 Å². The number of alkyl halides is 3. The van der Waals surface area contributed by atoms with Gasteiger partial charge in [-0.3, -0.25) is 14.2 Å². The van der Waals surface area contributed by atoms with Crippen LogP contribution in [0.5, 0.6) is 0 Å². The number of nitrogens with zero attached hydrogens (tertiary/aromatic N) is 4. The largest absolute Gasteiger partial charge is 0.408 e. The average Bonchev–Trinajstić information content (AvgIpc) is 3.23. The molecule has 160 valence electrons. The number of Topliss-reactive ketones (excluding diaryl/α,β-unsaturated/α-hetero) is 1. The van der Waals surface area contributed by atoms with E-state index in [0.29, 0.717) is 19.0 Å². The molecular formula is C19H25F3N4O3. The standard InChI is InChI=1S/C19H25F3N4O3/c1-18(2,3)14(27)9-26-13(19(20,21)22)4-5-24-16(28)7-15(23-17(24)26)25-8-12-6-11(25)10-29-12/h7,11-13H,4-6,8-10H2,1-3H3/t11?,12-,13-/m0/s1. The van der Waals surface area contributed by atoms with Gasteiger partial charge in [0.05, 0.1) is 25.3 Å². The van der Waals surface area contributed by atoms with Crippen LogP contribution >= 0.6 is 0 Å². The van der Waals surface area contributed by atoms with Gasteiger partial charge in [0.15, 0.2) is 5.78 Å². The number of aromatic nitrogens is 2. The Morgan fingerprint density at radius 1 is 1.31 bits per heavy atom. The van der Waals surface area contributed by atoms with Gasteiger partial charge >= 0.3 is 6.18 Å². The van der Waals surface area contributed by atoms with Crippen molar-refractivity contribution in [2.75, 3.05) is 29.5 Å². The summed E-state index contributed by atoms with van der Waals surface area (Å²) in [4.78, 5) is 32.7. The highest BCUT2D eigenvalue weighted by Crippen LogP contribution is 2.36. The molecule has 1 aromatic heterocycles. The number of halogens is 3. The molecule has 3 aliphatic rings. The van der Waals surface area contributed by atoms with E-state index < -0.39 is 29.7 Å². The van der Waals surface area contributed by atoms with Crippen LogP contribution < -0.4 is 15.4 Å². The van der Waals surface area contributed by atoms with E-state index in [-0.39, 0.29) is 36.8 Å². The summed E-state index contributed by atoms with van der Waals surface area (Å²) < 4.78 is 48.1. The molecule has 0 aliphatic carbocycles. The van der Waals surface area contributed by atoms with Crippen molar-refractivity contribution in [2.24, 2.45) is 5.41 Å². The zero-order valence-corrected chi connectivity index (χ0v) is 16.7. The summed E-state index contributed by atoms with van der Waals surface area (Å²) in [5.74, 6) is -0.0658. The summed E-state index contributed by atoms with van der Waals surface area (Å²) in [6, 6.07) is -0.405. The maximum Gasteiger partial charge on any atom is 0.408 e. The number of ether oxygens (including phenoxy) is 1. The van der Waals surface area contributed by atoms with E-state index in [2.05, 4.69) is 4.98 Å². The average molecular weight is 414 g/mol. The Hall–Kier alpha value is -2.10. The Labute approximate surface area is 166 Å². The smallest absolute Gasteiger partial charge is 0.374 e. The topological polar surface area (TPSA) is 67.7 Å². The zero-order valence-electron chi connectivity index (χ0n) is 16.7. The van der Waals surface area contributed by atoms with E-state index in [1.165, 1.54) is 10.6 Å². The van der Waals surface area contributed by atoms with Crippen LogP contribution in [0.3, 0.4) is 0 Å². The van der Waals surface area contributed by atoms with Gasteiger partial charge in [-0.15, -0.1) is 0 Å². The molecule has 0 saturated carbocycles. The van der Waals surface area contributed by atoms with Crippen LogP contribution in [0, 0.1) is 5.41 Å². The molecule has 0 aromatic carbocycles. The first-order valence-electron chi connectivity index (χ1n) is 9.82. The van der Waals surface area contributed by atoms with Gasteiger partial charge in [-0.1, -0.05) is 20.8 Å². The number of morpholine rings is 1. The molecule has 0 radical (unpaired) electrons. The lowest BCUT2D eigenvalue weighted by atomic mass is 9.90. The highest BCUT2D eigenvalue weighted by Gasteiger charge is 2.48. The summed E-state index contributed by atoms with van der Waals surface area (Å²) in [7, 11) is 0. The molecule has 3 atom stereocenters. The minimum atomic E-state index is -4.53. The van der Waals surface area contributed by atoms with E-state index in [1.807, 2.05) is 4.90 Å². The Kier molecular flexibility index (Phi) is 4.67. The highest BCUT2D eigenvalue weighted by molar-refractivity contribution is 5.88. The van der Waals surface area contributed by atoms with Gasteiger partial charge in [0, 0.05) is 24.6 Å². The molecule has 10 heteroatoms. The molecule has 0 amide bonds. The molecule has 29 heavy (non-hydrogen) atoms. The number of hydrogen-bond acceptors (Lipinski definition) is 6. The molecule has 0 spiro atoms. The third-order valence-corrected chi connectivity index (χ3v) is 5.96. The van der Waals surface area contributed by atoms with Gasteiger partial charge in [-0.2, -0.15) is 18.2 Å². The van der Waals surface area contributed by atoms with Gasteiger partial charge in [-0.25, -0.2) is 0 Å². The summed E-state index contributed by atoms with van der Waals surface area (Å²) in [5.41, 5.74) is -1.20. The van der Waals surface area contributed by atoms with Crippen molar-refractivity contribution in [1.82, 2.24) is 9.55 Å². The van der Waals surface area contributed by atoms with Crippen LogP contribution in [0.25, 0.3) is 0 Å². The van der Waals surface area contributed by atoms with Crippen molar-refractivity contribution in [3.05, 3.63) is 16.4 Å². The SMILES string of the molecule is CC(C)(C)C(=O)CN1c2nc(N3C[C@@H]4CC3CO4)cc(=O)n2CC[C@H]1C(F)(F)F. The quantitative estimate of drug-likeness (QED) is 0.754. The van der Waals surface area contributed by atoms with Crippen LogP contribution in [-0.4, -0.2) is 59.4 Å². The van der Waals surface area contributed by atoms with Gasteiger partial charge in [0.25, 0.3) is 5.56 Å². The first kappa shape index (κ1) is 20.2. The Morgan fingerprint density at radius 3 is 2.59 bits per heavy atom. The highest BCUT2D eigenvalue weighted by atomic mass is 19.4. The maximum atomic E-state index is 13.8. The molecule has 3 aliphatic heterocycles. The van der Waals surface area contributed by atoms with Crippen LogP contribution in [0.4, 0.5) is 24.9 Å². The lowest BCUT2D eigenvalue weighted by Crippen LogP contribution is -2.55.